The SMILES string of the molecule is COc1ccc(-n2cccc2C=Nc2ccccc2I)cc1. The summed E-state index contributed by atoms with van der Waals surface area (Å²) in [4.78, 5) is 4.59. The second kappa shape index (κ2) is 6.79. The molecule has 1 aromatic heterocycles. The van der Waals surface area contributed by atoms with E-state index < -0.39 is 0 Å². The molecule has 0 unspecified atom stereocenters. The third-order valence-corrected chi connectivity index (χ3v) is 4.23. The lowest BCUT2D eigenvalue weighted by molar-refractivity contribution is 0.415. The molecule has 110 valence electrons. The number of halogens is 1. The largest absolute Gasteiger partial charge is 0.497 e. The minimum Gasteiger partial charge on any atom is -0.497 e. The van der Waals surface area contributed by atoms with Gasteiger partial charge in [-0.2, -0.15) is 0 Å². The number of hydrogen-bond acceptors (Lipinski definition) is 2. The summed E-state index contributed by atoms with van der Waals surface area (Å²) in [5.41, 5.74) is 3.09. The summed E-state index contributed by atoms with van der Waals surface area (Å²) in [6, 6.07) is 20.1. The van der Waals surface area contributed by atoms with Gasteiger partial charge in [0.15, 0.2) is 0 Å². The minimum absolute atomic E-state index is 0.852. The summed E-state index contributed by atoms with van der Waals surface area (Å²) in [6.07, 6.45) is 3.92. The van der Waals surface area contributed by atoms with Crippen LogP contribution in [0.5, 0.6) is 5.75 Å². The quantitative estimate of drug-likeness (QED) is 0.453. The van der Waals surface area contributed by atoms with Gasteiger partial charge >= 0.3 is 0 Å². The highest BCUT2D eigenvalue weighted by molar-refractivity contribution is 14.1. The molecule has 3 aromatic rings. The summed E-state index contributed by atoms with van der Waals surface area (Å²) in [5, 5.41) is 0. The molecule has 0 bridgehead atoms. The van der Waals surface area contributed by atoms with Crippen LogP contribution in [0.1, 0.15) is 5.69 Å². The zero-order chi connectivity index (χ0) is 15.4. The maximum Gasteiger partial charge on any atom is 0.119 e. The fourth-order valence-electron chi connectivity index (χ4n) is 2.17. The molecular formula is C18H15IN2O. The van der Waals surface area contributed by atoms with Gasteiger partial charge in [0.25, 0.3) is 0 Å². The molecule has 22 heavy (non-hydrogen) atoms. The Labute approximate surface area is 143 Å². The molecule has 0 atom stereocenters. The molecule has 3 rings (SSSR count). The van der Waals surface area contributed by atoms with E-state index in [4.69, 9.17) is 4.74 Å². The zero-order valence-corrected chi connectivity index (χ0v) is 14.3. The van der Waals surface area contributed by atoms with Crippen molar-refractivity contribution in [2.75, 3.05) is 7.11 Å². The van der Waals surface area contributed by atoms with Crippen molar-refractivity contribution < 1.29 is 4.74 Å². The van der Waals surface area contributed by atoms with Crippen LogP contribution in [0.2, 0.25) is 0 Å². The summed E-state index contributed by atoms with van der Waals surface area (Å²) in [6.45, 7) is 0. The molecule has 0 saturated carbocycles. The summed E-state index contributed by atoms with van der Waals surface area (Å²) in [7, 11) is 1.67. The van der Waals surface area contributed by atoms with E-state index in [1.807, 2.05) is 67.0 Å². The third-order valence-electron chi connectivity index (χ3n) is 3.32. The van der Waals surface area contributed by atoms with E-state index >= 15 is 0 Å². The Balaban J connectivity index is 1.90. The lowest BCUT2D eigenvalue weighted by Crippen LogP contribution is -1.97. The minimum atomic E-state index is 0.852. The maximum atomic E-state index is 5.20. The van der Waals surface area contributed by atoms with E-state index in [1.54, 1.807) is 7.11 Å². The molecule has 0 spiro atoms. The van der Waals surface area contributed by atoms with Gasteiger partial charge in [0.2, 0.25) is 0 Å². The highest BCUT2D eigenvalue weighted by atomic mass is 127. The lowest BCUT2D eigenvalue weighted by Gasteiger charge is -2.07. The molecule has 3 nitrogen and oxygen atoms in total. The van der Waals surface area contributed by atoms with E-state index in [1.165, 1.54) is 0 Å². The van der Waals surface area contributed by atoms with E-state index in [0.29, 0.717) is 0 Å². The highest BCUT2D eigenvalue weighted by Crippen LogP contribution is 2.21. The number of nitrogens with zero attached hydrogens (tertiary/aromatic N) is 2. The van der Waals surface area contributed by atoms with Gasteiger partial charge in [-0.1, -0.05) is 12.1 Å². The zero-order valence-electron chi connectivity index (χ0n) is 12.1. The number of para-hydroxylation sites is 1. The van der Waals surface area contributed by atoms with Crippen LogP contribution in [0.4, 0.5) is 5.69 Å². The van der Waals surface area contributed by atoms with Gasteiger partial charge in [0.05, 0.1) is 24.7 Å². The summed E-state index contributed by atoms with van der Waals surface area (Å²) in [5.74, 6) is 0.852. The van der Waals surface area contributed by atoms with Gasteiger partial charge in [-0.3, -0.25) is 4.99 Å². The summed E-state index contributed by atoms with van der Waals surface area (Å²) >= 11 is 2.30. The number of aliphatic imine (C=N–C) groups is 1. The number of methoxy groups -OCH3 is 1. The number of aromatic nitrogens is 1. The lowest BCUT2D eigenvalue weighted by atomic mass is 10.3. The topological polar surface area (TPSA) is 26.5 Å². The van der Waals surface area contributed by atoms with Crippen molar-refractivity contribution in [1.29, 1.82) is 0 Å². The number of ether oxygens (including phenoxy) is 1. The highest BCUT2D eigenvalue weighted by Gasteiger charge is 2.02. The Morgan fingerprint density at radius 1 is 1.00 bits per heavy atom. The normalized spacial score (nSPS) is 11.0. The Morgan fingerprint density at radius 3 is 2.50 bits per heavy atom. The average Bonchev–Trinajstić information content (AvgIpc) is 3.03. The molecule has 0 aliphatic heterocycles. The van der Waals surface area contributed by atoms with Crippen molar-refractivity contribution in [3.8, 4) is 11.4 Å². The van der Waals surface area contributed by atoms with E-state index in [9.17, 15) is 0 Å². The molecular weight excluding hydrogens is 387 g/mol. The standard InChI is InChI=1S/C18H15IN2O/c1-22-16-10-8-14(9-11-16)21-12-4-5-15(21)13-20-18-7-3-2-6-17(18)19/h2-13H,1H3. The molecule has 0 fully saturated rings. The van der Waals surface area contributed by atoms with Crippen LogP contribution in [0, 0.1) is 3.57 Å². The molecule has 0 radical (unpaired) electrons. The number of hydrogen-bond donors (Lipinski definition) is 0. The van der Waals surface area contributed by atoms with E-state index in [2.05, 4.69) is 38.2 Å². The summed E-state index contributed by atoms with van der Waals surface area (Å²) < 4.78 is 8.43. The average molecular weight is 402 g/mol. The van der Waals surface area contributed by atoms with Crippen molar-refractivity contribution in [2.45, 2.75) is 0 Å². The van der Waals surface area contributed by atoms with Gasteiger partial charge in [0, 0.05) is 15.5 Å². The molecule has 0 N–H and O–H groups in total. The Hall–Kier alpha value is -2.08. The Morgan fingerprint density at radius 2 is 1.77 bits per heavy atom. The molecule has 0 aliphatic rings. The molecule has 4 heteroatoms. The molecule has 0 amide bonds. The van der Waals surface area contributed by atoms with Crippen LogP contribution in [0.15, 0.2) is 71.9 Å². The van der Waals surface area contributed by atoms with Crippen molar-refractivity contribution in [2.24, 2.45) is 4.99 Å². The van der Waals surface area contributed by atoms with Gasteiger partial charge < -0.3 is 9.30 Å². The molecule has 1 heterocycles. The first-order valence-electron chi connectivity index (χ1n) is 6.88. The van der Waals surface area contributed by atoms with Crippen LogP contribution < -0.4 is 4.74 Å². The van der Waals surface area contributed by atoms with E-state index in [-0.39, 0.29) is 0 Å². The predicted molar refractivity (Wildman–Crippen MR) is 98.7 cm³/mol. The fraction of sp³-hybridized carbons (Fsp3) is 0.0556. The number of rotatable bonds is 4. The second-order valence-corrected chi connectivity index (χ2v) is 5.87. The Bertz CT molecular complexity index is 791. The van der Waals surface area contributed by atoms with Gasteiger partial charge in [-0.25, -0.2) is 0 Å². The first kappa shape index (κ1) is 14.8. The predicted octanol–water partition coefficient (Wildman–Crippen LogP) is 4.84. The van der Waals surface area contributed by atoms with Crippen molar-refractivity contribution >= 4 is 34.5 Å². The van der Waals surface area contributed by atoms with Gasteiger partial charge in [0.1, 0.15) is 5.75 Å². The van der Waals surface area contributed by atoms with Gasteiger partial charge in [-0.05, 0) is 71.1 Å². The second-order valence-electron chi connectivity index (χ2n) is 4.71. The van der Waals surface area contributed by atoms with E-state index in [0.717, 1.165) is 26.4 Å². The van der Waals surface area contributed by atoms with Crippen molar-refractivity contribution in [3.05, 3.63) is 76.1 Å². The van der Waals surface area contributed by atoms with Crippen LogP contribution in [-0.4, -0.2) is 17.9 Å². The van der Waals surface area contributed by atoms with Crippen LogP contribution in [0.25, 0.3) is 5.69 Å². The maximum absolute atomic E-state index is 5.20. The van der Waals surface area contributed by atoms with Crippen molar-refractivity contribution in [3.63, 3.8) is 0 Å². The molecule has 0 aliphatic carbocycles. The molecule has 2 aromatic carbocycles. The van der Waals surface area contributed by atoms with Crippen molar-refractivity contribution in [1.82, 2.24) is 4.57 Å². The first-order chi connectivity index (χ1) is 10.8. The fourth-order valence-corrected chi connectivity index (χ4v) is 2.70. The molecule has 0 saturated heterocycles. The third kappa shape index (κ3) is 3.22. The Kier molecular flexibility index (Phi) is 4.58. The smallest absolute Gasteiger partial charge is 0.119 e. The van der Waals surface area contributed by atoms with Crippen LogP contribution in [0.3, 0.4) is 0 Å². The van der Waals surface area contributed by atoms with Crippen LogP contribution in [-0.2, 0) is 0 Å². The number of benzene rings is 2. The van der Waals surface area contributed by atoms with Gasteiger partial charge in [-0.15, -0.1) is 0 Å². The van der Waals surface area contributed by atoms with Crippen LogP contribution >= 0.6 is 22.6 Å². The monoisotopic (exact) mass is 402 g/mol. The first-order valence-corrected chi connectivity index (χ1v) is 7.96.